The molecule has 0 radical (unpaired) electrons. The Kier molecular flexibility index (Phi) is 9.73. The molecule has 1 unspecified atom stereocenters. The monoisotopic (exact) mass is 446 g/mol. The Balaban J connectivity index is 2.07. The molecule has 0 fully saturated rings. The maximum Gasteiger partial charge on any atom is 0.242 e. The van der Waals surface area contributed by atoms with E-state index in [-0.39, 0.29) is 11.8 Å². The van der Waals surface area contributed by atoms with Crippen LogP contribution in [0.3, 0.4) is 0 Å². The summed E-state index contributed by atoms with van der Waals surface area (Å²) >= 11 is 7.57. The molecule has 0 aliphatic carbocycles. The summed E-state index contributed by atoms with van der Waals surface area (Å²) in [5.41, 5.74) is 3.24. The molecule has 0 heterocycles. The van der Waals surface area contributed by atoms with Gasteiger partial charge in [-0.1, -0.05) is 61.8 Å². The standard InChI is InChI=1S/C24H31ClN2O2S/c1-17(2)13-26-24(29)19(4)27(14-21-10-6-5-8-18(21)3)23(28)16-30-15-20-9-7-11-22(25)12-20/h5-12,17,19H,13-16H2,1-4H3,(H,26,29). The third kappa shape index (κ3) is 7.69. The van der Waals surface area contributed by atoms with E-state index < -0.39 is 6.04 Å². The van der Waals surface area contributed by atoms with Crippen LogP contribution < -0.4 is 5.32 Å². The zero-order chi connectivity index (χ0) is 22.1. The molecule has 0 saturated carbocycles. The van der Waals surface area contributed by atoms with Crippen molar-refractivity contribution in [3.8, 4) is 0 Å². The van der Waals surface area contributed by atoms with E-state index in [0.717, 1.165) is 16.7 Å². The van der Waals surface area contributed by atoms with Gasteiger partial charge < -0.3 is 10.2 Å². The fraction of sp³-hybridized carbons (Fsp3) is 0.417. The van der Waals surface area contributed by atoms with Gasteiger partial charge in [-0.2, -0.15) is 0 Å². The van der Waals surface area contributed by atoms with Gasteiger partial charge in [-0.25, -0.2) is 0 Å². The number of carbonyl (C=O) groups excluding carboxylic acids is 2. The van der Waals surface area contributed by atoms with Crippen LogP contribution in [0.4, 0.5) is 0 Å². The number of hydrogen-bond acceptors (Lipinski definition) is 3. The van der Waals surface area contributed by atoms with E-state index >= 15 is 0 Å². The number of benzene rings is 2. The van der Waals surface area contributed by atoms with Crippen LogP contribution in [0.1, 0.15) is 37.5 Å². The Labute approximate surface area is 189 Å². The number of rotatable bonds is 10. The number of hydrogen-bond donors (Lipinski definition) is 1. The molecule has 0 spiro atoms. The van der Waals surface area contributed by atoms with Gasteiger partial charge in [-0.05, 0) is 48.6 Å². The van der Waals surface area contributed by atoms with Crippen LogP contribution in [0.25, 0.3) is 0 Å². The Bertz CT molecular complexity index is 857. The second kappa shape index (κ2) is 12.0. The Morgan fingerprint density at radius 2 is 1.83 bits per heavy atom. The maximum atomic E-state index is 13.1. The van der Waals surface area contributed by atoms with E-state index in [1.165, 1.54) is 11.8 Å². The Morgan fingerprint density at radius 1 is 1.10 bits per heavy atom. The minimum Gasteiger partial charge on any atom is -0.354 e. The van der Waals surface area contributed by atoms with Crippen molar-refractivity contribution in [3.05, 3.63) is 70.2 Å². The number of nitrogens with zero attached hydrogens (tertiary/aromatic N) is 1. The molecule has 2 rings (SSSR count). The summed E-state index contributed by atoms with van der Waals surface area (Å²) in [6.45, 7) is 8.93. The van der Waals surface area contributed by atoms with E-state index in [9.17, 15) is 9.59 Å². The molecule has 0 aliphatic rings. The van der Waals surface area contributed by atoms with Gasteiger partial charge in [-0.3, -0.25) is 9.59 Å². The third-order valence-corrected chi connectivity index (χ3v) is 6.06. The first-order chi connectivity index (χ1) is 14.3. The number of thioether (sulfide) groups is 1. The lowest BCUT2D eigenvalue weighted by Gasteiger charge is -2.29. The number of halogens is 1. The summed E-state index contributed by atoms with van der Waals surface area (Å²) in [7, 11) is 0. The lowest BCUT2D eigenvalue weighted by molar-refractivity contribution is -0.138. The van der Waals surface area contributed by atoms with Crippen LogP contribution in [-0.4, -0.2) is 35.1 Å². The second-order valence-electron chi connectivity index (χ2n) is 7.89. The molecule has 6 heteroatoms. The van der Waals surface area contributed by atoms with Gasteiger partial charge in [-0.15, -0.1) is 11.8 Å². The van der Waals surface area contributed by atoms with Crippen molar-refractivity contribution in [3.63, 3.8) is 0 Å². The van der Waals surface area contributed by atoms with Gasteiger partial charge >= 0.3 is 0 Å². The van der Waals surface area contributed by atoms with Gasteiger partial charge in [0, 0.05) is 23.9 Å². The number of nitrogens with one attached hydrogen (secondary N) is 1. The van der Waals surface area contributed by atoms with E-state index in [2.05, 4.69) is 5.32 Å². The molecule has 1 N–H and O–H groups in total. The van der Waals surface area contributed by atoms with Gasteiger partial charge in [0.05, 0.1) is 5.75 Å². The largest absolute Gasteiger partial charge is 0.354 e. The smallest absolute Gasteiger partial charge is 0.242 e. The highest BCUT2D eigenvalue weighted by Crippen LogP contribution is 2.19. The molecule has 4 nitrogen and oxygen atoms in total. The highest BCUT2D eigenvalue weighted by atomic mass is 35.5. The normalized spacial score (nSPS) is 11.9. The average molecular weight is 447 g/mol. The van der Waals surface area contributed by atoms with Crippen LogP contribution in [0, 0.1) is 12.8 Å². The van der Waals surface area contributed by atoms with Gasteiger partial charge in [0.1, 0.15) is 6.04 Å². The number of carbonyl (C=O) groups is 2. The van der Waals surface area contributed by atoms with Gasteiger partial charge in [0.15, 0.2) is 0 Å². The quantitative estimate of drug-likeness (QED) is 0.554. The molecule has 2 aromatic carbocycles. The van der Waals surface area contributed by atoms with Crippen LogP contribution in [0.5, 0.6) is 0 Å². The summed E-state index contributed by atoms with van der Waals surface area (Å²) in [5, 5.41) is 3.64. The van der Waals surface area contributed by atoms with Crippen LogP contribution in [0.2, 0.25) is 5.02 Å². The van der Waals surface area contributed by atoms with E-state index in [1.807, 2.05) is 69.3 Å². The van der Waals surface area contributed by atoms with Crippen LogP contribution >= 0.6 is 23.4 Å². The lowest BCUT2D eigenvalue weighted by Crippen LogP contribution is -2.48. The average Bonchev–Trinajstić information content (AvgIpc) is 2.70. The molecule has 2 aromatic rings. The fourth-order valence-electron chi connectivity index (χ4n) is 2.97. The highest BCUT2D eigenvalue weighted by molar-refractivity contribution is 7.99. The molecular formula is C24H31ClN2O2S. The molecule has 162 valence electrons. The van der Waals surface area contributed by atoms with Crippen molar-refractivity contribution >= 4 is 35.2 Å². The molecule has 1 atom stereocenters. The maximum absolute atomic E-state index is 13.1. The SMILES string of the molecule is Cc1ccccc1CN(C(=O)CSCc1cccc(Cl)c1)C(C)C(=O)NCC(C)C. The van der Waals surface area contributed by atoms with Crippen molar-refractivity contribution in [2.75, 3.05) is 12.3 Å². The molecule has 2 amide bonds. The first kappa shape index (κ1) is 24.3. The predicted molar refractivity (Wildman–Crippen MR) is 127 cm³/mol. The number of amides is 2. The molecule has 30 heavy (non-hydrogen) atoms. The predicted octanol–water partition coefficient (Wildman–Crippen LogP) is 5.07. The summed E-state index contributed by atoms with van der Waals surface area (Å²) in [4.78, 5) is 27.5. The fourth-order valence-corrected chi connectivity index (χ4v) is 4.04. The van der Waals surface area contributed by atoms with E-state index in [1.54, 1.807) is 11.8 Å². The van der Waals surface area contributed by atoms with Crippen molar-refractivity contribution in [2.45, 2.75) is 46.0 Å². The van der Waals surface area contributed by atoms with Crippen molar-refractivity contribution in [1.82, 2.24) is 10.2 Å². The summed E-state index contributed by atoms with van der Waals surface area (Å²) in [5.74, 6) is 1.19. The van der Waals surface area contributed by atoms with Gasteiger partial charge in [0.25, 0.3) is 0 Å². The third-order valence-electron chi connectivity index (χ3n) is 4.84. The van der Waals surface area contributed by atoms with E-state index in [0.29, 0.717) is 35.5 Å². The van der Waals surface area contributed by atoms with Crippen molar-refractivity contribution in [1.29, 1.82) is 0 Å². The van der Waals surface area contributed by atoms with Crippen LogP contribution in [0.15, 0.2) is 48.5 Å². The minimum absolute atomic E-state index is 0.0440. The molecule has 0 saturated heterocycles. The zero-order valence-electron chi connectivity index (χ0n) is 18.2. The van der Waals surface area contributed by atoms with Crippen LogP contribution in [-0.2, 0) is 21.9 Å². The molecule has 0 bridgehead atoms. The lowest BCUT2D eigenvalue weighted by atomic mass is 10.1. The van der Waals surface area contributed by atoms with E-state index in [4.69, 9.17) is 11.6 Å². The van der Waals surface area contributed by atoms with Crippen molar-refractivity contribution in [2.24, 2.45) is 5.92 Å². The van der Waals surface area contributed by atoms with Gasteiger partial charge in [0.2, 0.25) is 11.8 Å². The summed E-state index contributed by atoms with van der Waals surface area (Å²) < 4.78 is 0. The summed E-state index contributed by atoms with van der Waals surface area (Å²) in [6, 6.07) is 15.1. The zero-order valence-corrected chi connectivity index (χ0v) is 19.7. The minimum atomic E-state index is -0.539. The Morgan fingerprint density at radius 3 is 2.50 bits per heavy atom. The first-order valence-corrected chi connectivity index (χ1v) is 11.7. The molecular weight excluding hydrogens is 416 g/mol. The van der Waals surface area contributed by atoms with Crippen molar-refractivity contribution < 1.29 is 9.59 Å². The highest BCUT2D eigenvalue weighted by Gasteiger charge is 2.26. The number of aryl methyl sites for hydroxylation is 1. The Hall–Kier alpha value is -1.98. The second-order valence-corrected chi connectivity index (χ2v) is 9.31. The molecule has 0 aromatic heterocycles. The first-order valence-electron chi connectivity index (χ1n) is 10.2. The molecule has 0 aliphatic heterocycles. The summed E-state index contributed by atoms with van der Waals surface area (Å²) in [6.07, 6.45) is 0. The topological polar surface area (TPSA) is 49.4 Å².